The molecule has 1 aromatic rings. The minimum Gasteiger partial charge on any atom is -0.457 e. The minimum absolute atomic E-state index is 0.00475. The Hall–Kier alpha value is -4.37. The predicted molar refractivity (Wildman–Crippen MR) is 263 cm³/mol. The summed E-state index contributed by atoms with van der Waals surface area (Å²) in [6.45, 7) is 30.0. The van der Waals surface area contributed by atoms with Gasteiger partial charge < -0.3 is 29.0 Å². The Balaban J connectivity index is 0.896. The summed E-state index contributed by atoms with van der Waals surface area (Å²) >= 11 is 0. The van der Waals surface area contributed by atoms with Gasteiger partial charge in [-0.2, -0.15) is 0 Å². The average molecular weight is 909 g/mol. The van der Waals surface area contributed by atoms with Crippen molar-refractivity contribution in [3.63, 3.8) is 0 Å². The van der Waals surface area contributed by atoms with E-state index in [1.165, 1.54) is 28.1 Å². The van der Waals surface area contributed by atoms with Gasteiger partial charge in [0.05, 0.1) is 34.4 Å². The zero-order valence-electron chi connectivity index (χ0n) is 42.2. The van der Waals surface area contributed by atoms with Crippen LogP contribution in [-0.2, 0) is 23.8 Å². The molecule has 0 radical (unpaired) electrons. The molecule has 11 rings (SSSR count). The van der Waals surface area contributed by atoms with Gasteiger partial charge in [0, 0.05) is 55.3 Å². The first-order valence-electron chi connectivity index (χ1n) is 26.0. The molecule has 0 saturated carbocycles. The van der Waals surface area contributed by atoms with Crippen molar-refractivity contribution in [1.29, 1.82) is 0 Å². The molecule has 4 saturated heterocycles. The number of carbonyl (C=O) groups is 2. The van der Waals surface area contributed by atoms with E-state index in [9.17, 15) is 9.59 Å². The topological polar surface area (TPSA) is 97.0 Å². The van der Waals surface area contributed by atoms with E-state index >= 15 is 0 Å². The second-order valence-electron chi connectivity index (χ2n) is 25.1. The summed E-state index contributed by atoms with van der Waals surface area (Å²) in [4.78, 5) is 42.3. The maximum absolute atomic E-state index is 14.3. The van der Waals surface area contributed by atoms with E-state index in [0.29, 0.717) is 11.5 Å². The van der Waals surface area contributed by atoms with E-state index in [2.05, 4.69) is 140 Å². The van der Waals surface area contributed by atoms with Crippen LogP contribution in [0.15, 0.2) is 81.8 Å². The van der Waals surface area contributed by atoms with Gasteiger partial charge in [0.15, 0.2) is 0 Å². The van der Waals surface area contributed by atoms with Crippen LogP contribution < -0.4 is 10.7 Å². The highest BCUT2D eigenvalue weighted by Gasteiger charge is 2.56. The standard InChI is InChI=1S/C58H76N4O5/c1-32-12-17-44-45(26-32)60-52(59-44)33(2)36-28-38(14-13-35-27-37-30-42-48-46(50(37)66-53(35)63)57(8,9)20-24-61(48)22-18-55(42,4)5)65-39(29-36)15-16-40-34(3)41-31-43-49-47(51(41)67-54(40)64)58(10,11)21-25-62(49)23-19-56(43,6)7/h13-17,26-27,30-34,36,38-40,46-47,50-51H,12,18-25,28-29H2,1-11H3,(H,59,60)/b14-13+,16-15+. The number of ether oxygens (including phenoxy) is 3. The lowest BCUT2D eigenvalue weighted by atomic mass is 9.58. The molecule has 0 aromatic carbocycles. The fourth-order valence-electron chi connectivity index (χ4n) is 14.1. The third-order valence-corrected chi connectivity index (χ3v) is 18.8. The van der Waals surface area contributed by atoms with Crippen molar-refractivity contribution in [1.82, 2.24) is 19.8 Å². The van der Waals surface area contributed by atoms with Gasteiger partial charge in [-0.25, -0.2) is 9.78 Å². The Labute approximate surface area is 399 Å². The molecular weight excluding hydrogens is 833 g/mol. The molecule has 67 heavy (non-hydrogen) atoms. The Morgan fingerprint density at radius 3 is 2.04 bits per heavy atom. The number of allylic oxidation sites excluding steroid dienone is 4. The molecule has 1 aromatic heterocycles. The summed E-state index contributed by atoms with van der Waals surface area (Å²) < 4.78 is 20.1. The lowest BCUT2D eigenvalue weighted by Gasteiger charge is -2.57. The van der Waals surface area contributed by atoms with Crippen LogP contribution in [0.3, 0.4) is 0 Å². The van der Waals surface area contributed by atoms with Crippen LogP contribution in [0.1, 0.15) is 133 Å². The Morgan fingerprint density at radius 1 is 0.761 bits per heavy atom. The van der Waals surface area contributed by atoms with Crippen molar-refractivity contribution in [2.75, 3.05) is 26.2 Å². The fraction of sp³-hybridized carbons (Fsp3) is 0.638. The summed E-state index contributed by atoms with van der Waals surface area (Å²) in [5.41, 5.74) is 8.73. The number of piperidine rings is 2. The van der Waals surface area contributed by atoms with Gasteiger partial charge in [0.25, 0.3) is 0 Å². The zero-order chi connectivity index (χ0) is 47.1. The van der Waals surface area contributed by atoms with Crippen molar-refractivity contribution >= 4 is 24.1 Å². The monoisotopic (exact) mass is 909 g/mol. The highest BCUT2D eigenvalue weighted by Crippen LogP contribution is 2.58. The first-order chi connectivity index (χ1) is 31.7. The SMILES string of the molecule is CC1C=c2[nH]c(C(C)C3CC(/C=C/C4=CC5=CC6=C7C(C5OC4=O)C(C)(C)CCN7CCC6(C)C)OC(/C=C/C4C(=O)OC5C(=CC6=C7C5C(C)(C)CCN7CCC6(C)C)C4C)C3)nc2=CC1. The van der Waals surface area contributed by atoms with E-state index in [4.69, 9.17) is 19.2 Å². The molecule has 0 bridgehead atoms. The number of fused-ring (bicyclic) bond motifs is 5. The lowest BCUT2D eigenvalue weighted by Crippen LogP contribution is -2.56. The van der Waals surface area contributed by atoms with Gasteiger partial charge in [-0.15, -0.1) is 0 Å². The Kier molecular flexibility index (Phi) is 10.7. The number of hydrogen-bond acceptors (Lipinski definition) is 8. The first kappa shape index (κ1) is 45.1. The predicted octanol–water partition coefficient (Wildman–Crippen LogP) is 9.36. The molecule has 3 aliphatic carbocycles. The number of hydrogen-bond donors (Lipinski definition) is 1. The van der Waals surface area contributed by atoms with Gasteiger partial charge >= 0.3 is 11.9 Å². The van der Waals surface area contributed by atoms with E-state index in [0.717, 1.165) is 93.2 Å². The molecule has 11 atom stereocenters. The molecule has 9 nitrogen and oxygen atoms in total. The number of aromatic amines is 1. The lowest BCUT2D eigenvalue weighted by molar-refractivity contribution is -0.163. The summed E-state index contributed by atoms with van der Waals surface area (Å²) in [6, 6.07) is 0. The molecule has 358 valence electrons. The van der Waals surface area contributed by atoms with E-state index in [1.807, 2.05) is 6.08 Å². The molecule has 9 heteroatoms. The van der Waals surface area contributed by atoms with Crippen molar-refractivity contribution in [2.24, 2.45) is 57.2 Å². The molecule has 0 amide bonds. The van der Waals surface area contributed by atoms with Crippen LogP contribution in [0.25, 0.3) is 12.2 Å². The quantitative estimate of drug-likeness (QED) is 0.223. The van der Waals surface area contributed by atoms with Crippen LogP contribution in [0.4, 0.5) is 0 Å². The minimum atomic E-state index is -0.413. The number of carbonyl (C=O) groups excluding carboxylic acids is 2. The van der Waals surface area contributed by atoms with Gasteiger partial charge in [-0.05, 0) is 125 Å². The third kappa shape index (κ3) is 7.53. The molecule has 11 unspecified atom stereocenters. The molecule has 4 fully saturated rings. The summed E-state index contributed by atoms with van der Waals surface area (Å²) in [6.07, 6.45) is 25.6. The second-order valence-corrected chi connectivity index (χ2v) is 25.1. The number of rotatable bonds is 6. The van der Waals surface area contributed by atoms with Gasteiger partial charge in [-0.3, -0.25) is 4.79 Å². The van der Waals surface area contributed by atoms with Crippen LogP contribution >= 0.6 is 0 Å². The van der Waals surface area contributed by atoms with E-state index in [1.54, 1.807) is 0 Å². The number of aromatic nitrogens is 2. The first-order valence-corrected chi connectivity index (χ1v) is 26.0. The highest BCUT2D eigenvalue weighted by atomic mass is 16.6. The van der Waals surface area contributed by atoms with Gasteiger partial charge in [0.2, 0.25) is 0 Å². The molecule has 8 heterocycles. The van der Waals surface area contributed by atoms with Crippen LogP contribution in [0, 0.1) is 57.2 Å². The Morgan fingerprint density at radius 2 is 1.37 bits per heavy atom. The largest absolute Gasteiger partial charge is 0.457 e. The third-order valence-electron chi connectivity index (χ3n) is 18.8. The van der Waals surface area contributed by atoms with Crippen molar-refractivity contribution in [3.05, 3.63) is 98.3 Å². The van der Waals surface area contributed by atoms with Gasteiger partial charge in [-0.1, -0.05) is 113 Å². The van der Waals surface area contributed by atoms with Crippen LogP contribution in [0.2, 0.25) is 0 Å². The van der Waals surface area contributed by atoms with Crippen LogP contribution in [0.5, 0.6) is 0 Å². The second kappa shape index (κ2) is 15.8. The van der Waals surface area contributed by atoms with Crippen molar-refractivity contribution in [2.45, 2.75) is 151 Å². The fourth-order valence-corrected chi connectivity index (χ4v) is 14.1. The Bertz CT molecular complexity index is 2630. The maximum atomic E-state index is 14.3. The van der Waals surface area contributed by atoms with E-state index in [-0.39, 0.29) is 87.6 Å². The zero-order valence-corrected chi connectivity index (χ0v) is 42.2. The molecule has 7 aliphatic heterocycles. The maximum Gasteiger partial charge on any atom is 0.338 e. The van der Waals surface area contributed by atoms with E-state index < -0.39 is 5.92 Å². The molecule has 0 spiro atoms. The normalized spacial score (nSPS) is 37.1. The van der Waals surface area contributed by atoms with Crippen LogP contribution in [-0.4, -0.2) is 82.3 Å². The molecule has 10 aliphatic rings. The summed E-state index contributed by atoms with van der Waals surface area (Å²) in [5, 5.41) is 2.16. The average Bonchev–Trinajstić information content (AvgIpc) is 3.69. The summed E-state index contributed by atoms with van der Waals surface area (Å²) in [7, 11) is 0. The van der Waals surface area contributed by atoms with Gasteiger partial charge in [0.1, 0.15) is 18.0 Å². The molecular formula is C58H76N4O5. The van der Waals surface area contributed by atoms with Crippen molar-refractivity contribution < 1.29 is 23.8 Å². The number of nitrogens with zero attached hydrogens (tertiary/aromatic N) is 3. The number of H-pyrrole nitrogens is 1. The highest BCUT2D eigenvalue weighted by molar-refractivity contribution is 5.94. The van der Waals surface area contributed by atoms with Crippen molar-refractivity contribution in [3.8, 4) is 0 Å². The number of esters is 2. The number of imidazole rings is 1. The molecule has 1 N–H and O–H groups in total. The number of nitrogens with one attached hydrogen (secondary N) is 1. The summed E-state index contributed by atoms with van der Waals surface area (Å²) in [5.74, 6) is 1.31. The smallest absolute Gasteiger partial charge is 0.338 e.